The molecule has 0 radical (unpaired) electrons. The fourth-order valence-electron chi connectivity index (χ4n) is 1.64. The van der Waals surface area contributed by atoms with Gasteiger partial charge in [-0.15, -0.1) is 0 Å². The highest BCUT2D eigenvalue weighted by Gasteiger charge is 2.11. The van der Waals surface area contributed by atoms with Gasteiger partial charge in [0.05, 0.1) is 23.0 Å². The molecule has 0 bridgehead atoms. The molecule has 2 aromatic heterocycles. The van der Waals surface area contributed by atoms with Crippen LogP contribution < -0.4 is 4.74 Å². The highest BCUT2D eigenvalue weighted by molar-refractivity contribution is 14.1. The number of hydrogen-bond acceptors (Lipinski definition) is 5. The molecular formula is C13H13ClIN3O2. The fraction of sp³-hybridized carbons (Fsp3) is 0.308. The lowest BCUT2D eigenvalue weighted by Gasteiger charge is -2.08. The maximum Gasteiger partial charge on any atom is 0.212 e. The van der Waals surface area contributed by atoms with Crippen LogP contribution in [-0.2, 0) is 17.8 Å². The zero-order chi connectivity index (χ0) is 14.5. The van der Waals surface area contributed by atoms with E-state index in [1.807, 2.05) is 6.07 Å². The molecule has 0 N–H and O–H groups in total. The Bertz CT molecular complexity index is 593. The number of hydrogen-bond donors (Lipinski definition) is 0. The Balaban J connectivity index is 2.23. The van der Waals surface area contributed by atoms with Crippen molar-refractivity contribution in [1.29, 1.82) is 0 Å². The number of rotatable bonds is 5. The second-order valence-corrected chi connectivity index (χ2v) is 5.45. The lowest BCUT2D eigenvalue weighted by molar-refractivity contribution is 0.180. The maximum absolute atomic E-state index is 6.12. The Kier molecular flexibility index (Phi) is 5.50. The van der Waals surface area contributed by atoms with Gasteiger partial charge in [0.2, 0.25) is 5.88 Å². The molecule has 0 saturated heterocycles. The summed E-state index contributed by atoms with van der Waals surface area (Å²) in [5, 5.41) is 0.448. The van der Waals surface area contributed by atoms with E-state index in [1.165, 1.54) is 0 Å². The van der Waals surface area contributed by atoms with Crippen LogP contribution in [0, 0.1) is 3.57 Å². The molecule has 0 saturated carbocycles. The van der Waals surface area contributed by atoms with E-state index >= 15 is 0 Å². The van der Waals surface area contributed by atoms with Crippen molar-refractivity contribution in [1.82, 2.24) is 15.0 Å². The third-order valence-electron chi connectivity index (χ3n) is 2.58. The summed E-state index contributed by atoms with van der Waals surface area (Å²) >= 11 is 8.24. The molecule has 2 heterocycles. The zero-order valence-corrected chi connectivity index (χ0v) is 14.0. The molecule has 2 rings (SSSR count). The van der Waals surface area contributed by atoms with Crippen LogP contribution in [0.4, 0.5) is 0 Å². The number of aromatic nitrogens is 3. The molecule has 0 aliphatic rings. The van der Waals surface area contributed by atoms with Crippen molar-refractivity contribution in [2.24, 2.45) is 0 Å². The lowest BCUT2D eigenvalue weighted by atomic mass is 10.2. The minimum Gasteiger partial charge on any atom is -0.481 e. The normalized spacial score (nSPS) is 10.6. The topological polar surface area (TPSA) is 57.1 Å². The van der Waals surface area contributed by atoms with Crippen LogP contribution in [0.25, 0.3) is 0 Å². The van der Waals surface area contributed by atoms with Gasteiger partial charge in [-0.2, -0.15) is 0 Å². The highest BCUT2D eigenvalue weighted by atomic mass is 127. The Hall–Kier alpha value is -0.990. The average molecular weight is 406 g/mol. The van der Waals surface area contributed by atoms with Crippen molar-refractivity contribution >= 4 is 34.2 Å². The summed E-state index contributed by atoms with van der Waals surface area (Å²) in [6.07, 6.45) is 2.30. The van der Waals surface area contributed by atoms with Crippen LogP contribution in [0.1, 0.15) is 17.1 Å². The molecule has 0 aliphatic carbocycles. The molecule has 0 aliphatic heterocycles. The van der Waals surface area contributed by atoms with Crippen LogP contribution in [0.15, 0.2) is 18.3 Å². The monoisotopic (exact) mass is 405 g/mol. The van der Waals surface area contributed by atoms with Crippen molar-refractivity contribution in [3.63, 3.8) is 0 Å². The van der Waals surface area contributed by atoms with Gasteiger partial charge in [0.15, 0.2) is 0 Å². The van der Waals surface area contributed by atoms with E-state index in [0.717, 1.165) is 14.8 Å². The molecule has 0 fully saturated rings. The summed E-state index contributed by atoms with van der Waals surface area (Å²) in [5.41, 5.74) is 1.79. The van der Waals surface area contributed by atoms with Crippen LogP contribution in [0.2, 0.25) is 5.15 Å². The second-order valence-electron chi connectivity index (χ2n) is 4.01. The maximum atomic E-state index is 6.12. The minimum absolute atomic E-state index is 0.411. The first-order valence-corrected chi connectivity index (χ1v) is 7.28. The first-order valence-electron chi connectivity index (χ1n) is 5.82. The molecule has 2 aromatic rings. The van der Waals surface area contributed by atoms with Gasteiger partial charge in [0.25, 0.3) is 0 Å². The lowest BCUT2D eigenvalue weighted by Crippen LogP contribution is -2.05. The summed E-state index contributed by atoms with van der Waals surface area (Å²) in [6, 6.07) is 3.73. The standard InChI is InChI=1S/C13H13ClIN3O2/c1-19-7-9-12(15)13(14)18-10(17-9)5-8-3-4-11(20-2)16-6-8/h3-4,6H,5,7H2,1-2H3. The molecule has 0 atom stereocenters. The molecule has 0 aromatic carbocycles. The van der Waals surface area contributed by atoms with Crippen molar-refractivity contribution < 1.29 is 9.47 Å². The molecule has 0 unspecified atom stereocenters. The second kappa shape index (κ2) is 7.14. The molecular weight excluding hydrogens is 393 g/mol. The summed E-state index contributed by atoms with van der Waals surface area (Å²) in [7, 11) is 3.21. The first-order chi connectivity index (χ1) is 9.63. The molecule has 0 amide bonds. The number of nitrogens with zero attached hydrogens (tertiary/aromatic N) is 3. The number of ether oxygens (including phenoxy) is 2. The van der Waals surface area contributed by atoms with E-state index in [2.05, 4.69) is 37.5 Å². The van der Waals surface area contributed by atoms with Gasteiger partial charge in [0.1, 0.15) is 11.0 Å². The van der Waals surface area contributed by atoms with Crippen molar-refractivity contribution in [3.05, 3.63) is 44.1 Å². The third-order valence-corrected chi connectivity index (χ3v) is 4.30. The zero-order valence-electron chi connectivity index (χ0n) is 11.1. The highest BCUT2D eigenvalue weighted by Crippen LogP contribution is 2.21. The molecule has 106 valence electrons. The number of halogens is 2. The largest absolute Gasteiger partial charge is 0.481 e. The quantitative estimate of drug-likeness (QED) is 0.565. The van der Waals surface area contributed by atoms with Crippen molar-refractivity contribution in [2.45, 2.75) is 13.0 Å². The van der Waals surface area contributed by atoms with Crippen molar-refractivity contribution in [3.8, 4) is 5.88 Å². The predicted molar refractivity (Wildman–Crippen MR) is 84.1 cm³/mol. The van der Waals surface area contributed by atoms with Crippen LogP contribution in [-0.4, -0.2) is 29.2 Å². The van der Waals surface area contributed by atoms with Gasteiger partial charge >= 0.3 is 0 Å². The van der Waals surface area contributed by atoms with Crippen molar-refractivity contribution in [2.75, 3.05) is 14.2 Å². The summed E-state index contributed by atoms with van der Waals surface area (Å²) in [4.78, 5) is 12.9. The van der Waals surface area contributed by atoms with Crippen LogP contribution in [0.5, 0.6) is 5.88 Å². The van der Waals surface area contributed by atoms with Crippen LogP contribution >= 0.6 is 34.2 Å². The Morgan fingerprint density at radius 2 is 2.05 bits per heavy atom. The molecule has 5 nitrogen and oxygen atoms in total. The van der Waals surface area contributed by atoms with E-state index in [4.69, 9.17) is 21.1 Å². The van der Waals surface area contributed by atoms with E-state index in [1.54, 1.807) is 26.5 Å². The molecule has 7 heteroatoms. The SMILES string of the molecule is COCc1nc(Cc2ccc(OC)nc2)nc(Cl)c1I. The van der Waals surface area contributed by atoms with Crippen LogP contribution in [0.3, 0.4) is 0 Å². The summed E-state index contributed by atoms with van der Waals surface area (Å²) in [5.74, 6) is 1.23. The van der Waals surface area contributed by atoms with Gasteiger partial charge in [-0.25, -0.2) is 15.0 Å². The fourth-order valence-corrected chi connectivity index (χ4v) is 2.25. The van der Waals surface area contributed by atoms with Gasteiger partial charge < -0.3 is 9.47 Å². The van der Waals surface area contributed by atoms with Gasteiger partial charge in [-0.3, -0.25) is 0 Å². The van der Waals surface area contributed by atoms with Gasteiger partial charge in [-0.05, 0) is 28.2 Å². The number of methoxy groups -OCH3 is 2. The first kappa shape index (κ1) is 15.4. The smallest absolute Gasteiger partial charge is 0.212 e. The molecule has 0 spiro atoms. The Morgan fingerprint density at radius 1 is 1.25 bits per heavy atom. The third kappa shape index (κ3) is 3.77. The Labute approximate surface area is 135 Å². The average Bonchev–Trinajstić information content (AvgIpc) is 2.45. The summed E-state index contributed by atoms with van der Waals surface area (Å²) in [6.45, 7) is 0.411. The van der Waals surface area contributed by atoms with E-state index in [0.29, 0.717) is 29.9 Å². The summed E-state index contributed by atoms with van der Waals surface area (Å²) < 4.78 is 11.0. The minimum atomic E-state index is 0.411. The van der Waals surface area contributed by atoms with Gasteiger partial charge in [-0.1, -0.05) is 17.7 Å². The van der Waals surface area contributed by atoms with E-state index in [-0.39, 0.29) is 0 Å². The van der Waals surface area contributed by atoms with Gasteiger partial charge in [0, 0.05) is 25.8 Å². The van der Waals surface area contributed by atoms with E-state index in [9.17, 15) is 0 Å². The number of pyridine rings is 1. The molecule has 20 heavy (non-hydrogen) atoms. The Morgan fingerprint density at radius 3 is 2.65 bits per heavy atom. The predicted octanol–water partition coefficient (Wildman–Crippen LogP) is 2.88. The van der Waals surface area contributed by atoms with E-state index < -0.39 is 0 Å².